The smallest absolute Gasteiger partial charge is 0.229 e. The van der Waals surface area contributed by atoms with Gasteiger partial charge >= 0.3 is 0 Å². The normalized spacial score (nSPS) is 19.5. The van der Waals surface area contributed by atoms with Crippen LogP contribution in [0.5, 0.6) is 0 Å². The molecule has 2 aliphatic heterocycles. The molecule has 1 amide bonds. The van der Waals surface area contributed by atoms with Gasteiger partial charge in [0.15, 0.2) is 0 Å². The van der Waals surface area contributed by atoms with Gasteiger partial charge in [0, 0.05) is 18.0 Å². The van der Waals surface area contributed by atoms with Crippen LogP contribution in [0.1, 0.15) is 30.4 Å². The third-order valence-electron chi connectivity index (χ3n) is 5.28. The van der Waals surface area contributed by atoms with E-state index in [2.05, 4.69) is 42.2 Å². The fourth-order valence-corrected chi connectivity index (χ4v) is 4.82. The third kappa shape index (κ3) is 3.38. The van der Waals surface area contributed by atoms with E-state index in [0.29, 0.717) is 18.1 Å². The van der Waals surface area contributed by atoms with Gasteiger partial charge in [-0.25, -0.2) is 4.39 Å². The number of benzene rings is 2. The van der Waals surface area contributed by atoms with E-state index in [1.54, 1.807) is 17.0 Å². The third-order valence-corrected chi connectivity index (χ3v) is 6.43. The van der Waals surface area contributed by atoms with Crippen molar-refractivity contribution in [1.82, 2.24) is 4.90 Å². The number of carbonyl (C=O) groups excluding carboxylic acids is 1. The van der Waals surface area contributed by atoms with Gasteiger partial charge < -0.3 is 4.90 Å². The second kappa shape index (κ2) is 7.69. The first-order valence-electron chi connectivity index (χ1n) is 9.27. The van der Waals surface area contributed by atoms with Gasteiger partial charge in [-0.2, -0.15) is 5.26 Å². The maximum absolute atomic E-state index is 13.3. The molecular weight excluding hydrogens is 373 g/mol. The Balaban J connectivity index is 1.62. The molecule has 2 aromatic rings. The monoisotopic (exact) mass is 393 g/mol. The summed E-state index contributed by atoms with van der Waals surface area (Å²) in [6.45, 7) is 2.56. The molecule has 0 N–H and O–H groups in total. The Hall–Kier alpha value is -2.78. The van der Waals surface area contributed by atoms with Crippen LogP contribution in [0.3, 0.4) is 0 Å². The first-order chi connectivity index (χ1) is 13.6. The molecule has 0 spiro atoms. The quantitative estimate of drug-likeness (QED) is 0.764. The van der Waals surface area contributed by atoms with Crippen LogP contribution in [0.2, 0.25) is 0 Å². The zero-order valence-electron chi connectivity index (χ0n) is 15.6. The van der Waals surface area contributed by atoms with Gasteiger partial charge in [0.2, 0.25) is 5.91 Å². The first-order valence-corrected chi connectivity index (χ1v) is 10.3. The van der Waals surface area contributed by atoms with Crippen LogP contribution >= 0.6 is 11.8 Å². The number of hydrogen-bond acceptors (Lipinski definition) is 4. The Bertz CT molecular complexity index is 963. The van der Waals surface area contributed by atoms with E-state index in [-0.39, 0.29) is 24.1 Å². The summed E-state index contributed by atoms with van der Waals surface area (Å²) in [4.78, 5) is 16.7. The Morgan fingerprint density at radius 3 is 2.54 bits per heavy atom. The molecule has 1 atom stereocenters. The molecule has 142 valence electrons. The zero-order valence-corrected chi connectivity index (χ0v) is 16.4. The topological polar surface area (TPSA) is 47.3 Å². The molecule has 2 heterocycles. The molecule has 28 heavy (non-hydrogen) atoms. The fraction of sp³-hybridized carbons (Fsp3) is 0.273. The summed E-state index contributed by atoms with van der Waals surface area (Å²) in [5, 5.41) is 10.5. The summed E-state index contributed by atoms with van der Waals surface area (Å²) < 4.78 is 13.3. The van der Waals surface area contributed by atoms with Gasteiger partial charge in [-0.05, 0) is 41.8 Å². The molecular formula is C22H20FN3OS. The van der Waals surface area contributed by atoms with Crippen LogP contribution in [0.4, 0.5) is 10.1 Å². The molecule has 1 fully saturated rings. The van der Waals surface area contributed by atoms with Crippen LogP contribution in [0.25, 0.3) is 0 Å². The highest BCUT2D eigenvalue weighted by atomic mass is 32.2. The van der Waals surface area contributed by atoms with Gasteiger partial charge in [-0.1, -0.05) is 43.0 Å². The number of fused-ring (bicyclic) bond motifs is 1. The molecule has 1 saturated heterocycles. The van der Waals surface area contributed by atoms with Crippen LogP contribution in [-0.4, -0.2) is 23.4 Å². The number of nitriles is 1. The lowest BCUT2D eigenvalue weighted by atomic mass is 9.86. The molecule has 0 radical (unpaired) electrons. The molecule has 2 aromatic carbocycles. The van der Waals surface area contributed by atoms with Crippen molar-refractivity contribution in [3.8, 4) is 6.07 Å². The minimum atomic E-state index is -0.324. The predicted octanol–water partition coefficient (Wildman–Crippen LogP) is 4.61. The maximum atomic E-state index is 13.3. The van der Waals surface area contributed by atoms with Gasteiger partial charge in [0.05, 0.1) is 29.2 Å². The minimum absolute atomic E-state index is 0.00861. The van der Waals surface area contributed by atoms with Crippen LogP contribution in [0, 0.1) is 17.1 Å². The number of allylic oxidation sites excluding steroid dienone is 1. The number of amides is 1. The van der Waals surface area contributed by atoms with Crippen LogP contribution in [-0.2, 0) is 11.2 Å². The Kier molecular flexibility index (Phi) is 5.10. The molecule has 6 heteroatoms. The number of nitrogens with zero attached hydrogens (tertiary/aromatic N) is 3. The zero-order chi connectivity index (χ0) is 19.7. The maximum Gasteiger partial charge on any atom is 0.229 e. The van der Waals surface area contributed by atoms with Crippen molar-refractivity contribution in [3.63, 3.8) is 0 Å². The molecule has 2 aliphatic rings. The Labute approximate surface area is 168 Å². The summed E-state index contributed by atoms with van der Waals surface area (Å²) in [6.07, 6.45) is 1.21. The Morgan fingerprint density at radius 2 is 1.89 bits per heavy atom. The molecule has 1 unspecified atom stereocenters. The van der Waals surface area contributed by atoms with Crippen molar-refractivity contribution in [2.75, 3.05) is 17.4 Å². The van der Waals surface area contributed by atoms with Gasteiger partial charge in [-0.3, -0.25) is 9.69 Å². The average Bonchev–Trinajstić information content (AvgIpc) is 2.74. The SMILES string of the molecule is CCc1ccc(N2CSC3=C(C#N)C(c4ccc(F)cc4)CC(=O)N3C2)cc1. The highest BCUT2D eigenvalue weighted by molar-refractivity contribution is 8.03. The van der Waals surface area contributed by atoms with E-state index in [1.807, 2.05) is 0 Å². The first kappa shape index (κ1) is 18.6. The largest absolute Gasteiger partial charge is 0.344 e. The number of rotatable bonds is 3. The van der Waals surface area contributed by atoms with Crippen molar-refractivity contribution in [2.45, 2.75) is 25.7 Å². The number of halogens is 1. The average molecular weight is 393 g/mol. The highest BCUT2D eigenvalue weighted by Gasteiger charge is 2.38. The number of thioether (sulfide) groups is 1. The standard InChI is InChI=1S/C22H20FN3OS/c1-2-15-3-9-18(10-4-15)25-13-26-21(27)11-19(16-5-7-17(23)8-6-16)20(12-24)22(26)28-14-25/h3-10,19H,2,11,13-14H2,1H3. The van der Waals surface area contributed by atoms with Gasteiger partial charge in [0.25, 0.3) is 0 Å². The van der Waals surface area contributed by atoms with Crippen LogP contribution in [0.15, 0.2) is 59.1 Å². The van der Waals surface area contributed by atoms with Gasteiger partial charge in [0.1, 0.15) is 5.82 Å². The summed E-state index contributed by atoms with van der Waals surface area (Å²) >= 11 is 1.51. The molecule has 4 rings (SSSR count). The lowest BCUT2D eigenvalue weighted by Gasteiger charge is -2.42. The molecule has 0 saturated carbocycles. The second-order valence-electron chi connectivity index (χ2n) is 6.94. The lowest BCUT2D eigenvalue weighted by Crippen LogP contribution is -2.47. The van der Waals surface area contributed by atoms with Crippen molar-refractivity contribution in [3.05, 3.63) is 76.1 Å². The van der Waals surface area contributed by atoms with Gasteiger partial charge in [-0.15, -0.1) is 0 Å². The van der Waals surface area contributed by atoms with E-state index in [1.165, 1.54) is 29.5 Å². The molecule has 0 bridgehead atoms. The van der Waals surface area contributed by atoms with Crippen molar-refractivity contribution in [1.29, 1.82) is 5.26 Å². The van der Waals surface area contributed by atoms with Crippen LogP contribution < -0.4 is 4.90 Å². The Morgan fingerprint density at radius 1 is 1.18 bits per heavy atom. The number of anilines is 1. The summed E-state index contributed by atoms with van der Waals surface area (Å²) in [7, 11) is 0. The minimum Gasteiger partial charge on any atom is -0.344 e. The van der Waals surface area contributed by atoms with E-state index in [9.17, 15) is 14.4 Å². The number of hydrogen-bond donors (Lipinski definition) is 0. The fourth-order valence-electron chi connectivity index (χ4n) is 3.65. The molecule has 4 nitrogen and oxygen atoms in total. The van der Waals surface area contributed by atoms with Crippen molar-refractivity contribution >= 4 is 23.4 Å². The van der Waals surface area contributed by atoms with E-state index in [0.717, 1.165) is 22.7 Å². The number of carbonyl (C=O) groups is 1. The van der Waals surface area contributed by atoms with E-state index in [4.69, 9.17) is 0 Å². The predicted molar refractivity (Wildman–Crippen MR) is 109 cm³/mol. The second-order valence-corrected chi connectivity index (χ2v) is 7.87. The van der Waals surface area contributed by atoms with E-state index < -0.39 is 0 Å². The van der Waals surface area contributed by atoms with Crippen molar-refractivity contribution in [2.24, 2.45) is 0 Å². The summed E-state index contributed by atoms with van der Waals surface area (Å²) in [5.74, 6) is 0.0275. The highest BCUT2D eigenvalue weighted by Crippen LogP contribution is 2.43. The lowest BCUT2D eigenvalue weighted by molar-refractivity contribution is -0.129. The summed E-state index contributed by atoms with van der Waals surface area (Å²) in [5.41, 5.74) is 3.74. The molecule has 0 aliphatic carbocycles. The summed E-state index contributed by atoms with van der Waals surface area (Å²) in [6, 6.07) is 16.8. The van der Waals surface area contributed by atoms with Crippen molar-refractivity contribution < 1.29 is 9.18 Å². The molecule has 0 aromatic heterocycles. The van der Waals surface area contributed by atoms with E-state index >= 15 is 0 Å². The number of aryl methyl sites for hydroxylation is 1.